The molecule has 0 aliphatic heterocycles. The van der Waals surface area contributed by atoms with Gasteiger partial charge in [-0.15, -0.1) is 0 Å². The van der Waals surface area contributed by atoms with Crippen molar-refractivity contribution in [2.45, 2.75) is 89.9 Å². The zero-order valence-corrected chi connectivity index (χ0v) is 13.6. The largest absolute Gasteiger partial charge is 0.330 e. The normalized spacial score (nSPS) is 12.0. The second kappa shape index (κ2) is 11.3. The summed E-state index contributed by atoms with van der Waals surface area (Å²) in [5.41, 5.74) is 5.55. The molecule has 0 amide bonds. The van der Waals surface area contributed by atoms with Crippen LogP contribution in [0.5, 0.6) is 0 Å². The zero-order valence-electron chi connectivity index (χ0n) is 12.6. The van der Waals surface area contributed by atoms with Gasteiger partial charge in [-0.1, -0.05) is 83.5 Å². The molecule has 0 aromatic rings. The number of unbranched alkanes of at least 4 members (excludes halogenated alkanes) is 3. The minimum Gasteiger partial charge on any atom is -0.330 e. The van der Waals surface area contributed by atoms with Gasteiger partial charge in [0, 0.05) is 0 Å². The van der Waals surface area contributed by atoms with Crippen LogP contribution in [0.2, 0.25) is 24.2 Å². The Balaban J connectivity index is 4.05. The van der Waals surface area contributed by atoms with E-state index in [2.05, 4.69) is 20.8 Å². The summed E-state index contributed by atoms with van der Waals surface area (Å²) in [6.07, 6.45) is 9.71. The van der Waals surface area contributed by atoms with E-state index in [0.717, 1.165) is 6.54 Å². The Hall–Kier alpha value is 0.177. The summed E-state index contributed by atoms with van der Waals surface area (Å²) < 4.78 is 0. The minimum atomic E-state index is -0.887. The molecule has 0 saturated carbocycles. The molecule has 1 nitrogen and oxygen atoms in total. The fourth-order valence-electron chi connectivity index (χ4n) is 3.34. The highest BCUT2D eigenvalue weighted by atomic mass is 28.3. The van der Waals surface area contributed by atoms with Crippen LogP contribution in [0.15, 0.2) is 0 Å². The first-order chi connectivity index (χ1) is 8.24. The van der Waals surface area contributed by atoms with Gasteiger partial charge in [0.25, 0.3) is 0 Å². The molecule has 0 radical (unpaired) electrons. The van der Waals surface area contributed by atoms with Gasteiger partial charge in [-0.3, -0.25) is 0 Å². The summed E-state index contributed by atoms with van der Waals surface area (Å²) in [6.45, 7) is 8.01. The van der Waals surface area contributed by atoms with Crippen molar-refractivity contribution in [3.05, 3.63) is 0 Å². The van der Waals surface area contributed by atoms with E-state index >= 15 is 0 Å². The molecule has 2 N–H and O–H groups in total. The van der Waals surface area contributed by atoms with Crippen LogP contribution in [-0.4, -0.2) is 14.6 Å². The maximum absolute atomic E-state index is 5.55. The first-order valence-corrected chi connectivity index (χ1v) is 10.8. The van der Waals surface area contributed by atoms with E-state index in [1.807, 2.05) is 0 Å². The molecule has 0 heterocycles. The summed E-state index contributed by atoms with van der Waals surface area (Å²) in [7, 11) is -0.887. The molecule has 0 spiro atoms. The van der Waals surface area contributed by atoms with Crippen molar-refractivity contribution in [2.75, 3.05) is 6.54 Å². The topological polar surface area (TPSA) is 26.0 Å². The molecular formula is C15H35NSi. The van der Waals surface area contributed by atoms with Gasteiger partial charge in [0.1, 0.15) is 0 Å². The maximum Gasteiger partial charge on any atom is 0.0535 e. The summed E-state index contributed by atoms with van der Waals surface area (Å²) in [5, 5.41) is 0. The molecule has 17 heavy (non-hydrogen) atoms. The highest BCUT2D eigenvalue weighted by molar-refractivity contribution is 6.79. The summed E-state index contributed by atoms with van der Waals surface area (Å²) in [4.78, 5) is 0. The third kappa shape index (κ3) is 7.99. The first-order valence-electron chi connectivity index (χ1n) is 7.94. The van der Waals surface area contributed by atoms with Crippen molar-refractivity contribution in [2.24, 2.45) is 5.73 Å². The van der Waals surface area contributed by atoms with Gasteiger partial charge in [0.15, 0.2) is 0 Å². The molecule has 104 valence electrons. The number of hydrogen-bond donors (Lipinski definition) is 1. The molecule has 0 rings (SSSR count). The zero-order chi connectivity index (χ0) is 13.0. The molecule has 0 aliphatic rings. The van der Waals surface area contributed by atoms with E-state index in [1.54, 1.807) is 24.2 Å². The van der Waals surface area contributed by atoms with Crippen molar-refractivity contribution in [3.8, 4) is 0 Å². The standard InChI is InChI=1S/C15H35NSi/c1-4-12-17(13-5-2,14-6-3)15-10-8-7-9-11-16/h4-16H2,1-3H3. The average Bonchev–Trinajstić information content (AvgIpc) is 2.30. The summed E-state index contributed by atoms with van der Waals surface area (Å²) in [6, 6.07) is 6.32. The minimum absolute atomic E-state index is 0.876. The number of nitrogens with two attached hydrogens (primary N) is 1. The Morgan fingerprint density at radius 2 is 1.12 bits per heavy atom. The Morgan fingerprint density at radius 1 is 0.647 bits per heavy atom. The number of hydrogen-bond acceptors (Lipinski definition) is 1. The van der Waals surface area contributed by atoms with E-state index in [0.29, 0.717) is 0 Å². The predicted octanol–water partition coefficient (Wildman–Crippen LogP) is 5.18. The van der Waals surface area contributed by atoms with Crippen molar-refractivity contribution in [1.29, 1.82) is 0 Å². The third-order valence-electron chi connectivity index (χ3n) is 4.00. The highest BCUT2D eigenvalue weighted by Crippen LogP contribution is 2.32. The Bertz CT molecular complexity index is 142. The molecule has 2 heteroatoms. The Morgan fingerprint density at radius 3 is 1.53 bits per heavy atom. The van der Waals surface area contributed by atoms with Crippen LogP contribution in [0.4, 0.5) is 0 Å². The highest BCUT2D eigenvalue weighted by Gasteiger charge is 2.28. The van der Waals surface area contributed by atoms with Gasteiger partial charge < -0.3 is 5.73 Å². The van der Waals surface area contributed by atoms with Crippen LogP contribution in [-0.2, 0) is 0 Å². The monoisotopic (exact) mass is 257 g/mol. The van der Waals surface area contributed by atoms with Gasteiger partial charge in [-0.2, -0.15) is 0 Å². The second-order valence-electron chi connectivity index (χ2n) is 5.70. The smallest absolute Gasteiger partial charge is 0.0535 e. The van der Waals surface area contributed by atoms with Gasteiger partial charge in [0.2, 0.25) is 0 Å². The van der Waals surface area contributed by atoms with E-state index in [4.69, 9.17) is 5.73 Å². The van der Waals surface area contributed by atoms with Gasteiger partial charge in [-0.25, -0.2) is 0 Å². The second-order valence-corrected chi connectivity index (χ2v) is 10.7. The molecule has 0 bridgehead atoms. The molecule has 0 unspecified atom stereocenters. The van der Waals surface area contributed by atoms with Gasteiger partial charge in [0.05, 0.1) is 8.07 Å². The van der Waals surface area contributed by atoms with E-state index in [-0.39, 0.29) is 0 Å². The SMILES string of the molecule is CCC[Si](CCC)(CCC)CCCCCCN. The molecule has 0 aromatic heterocycles. The van der Waals surface area contributed by atoms with Crippen molar-refractivity contribution in [1.82, 2.24) is 0 Å². The Kier molecular flexibility index (Phi) is 11.4. The van der Waals surface area contributed by atoms with Gasteiger partial charge in [-0.05, 0) is 13.0 Å². The van der Waals surface area contributed by atoms with Gasteiger partial charge >= 0.3 is 0 Å². The lowest BCUT2D eigenvalue weighted by Crippen LogP contribution is -2.33. The van der Waals surface area contributed by atoms with Crippen LogP contribution in [0, 0.1) is 0 Å². The summed E-state index contributed by atoms with van der Waals surface area (Å²) in [5.74, 6) is 0. The average molecular weight is 258 g/mol. The van der Waals surface area contributed by atoms with Crippen molar-refractivity contribution < 1.29 is 0 Å². The van der Waals surface area contributed by atoms with Crippen LogP contribution in [0.3, 0.4) is 0 Å². The first kappa shape index (κ1) is 17.2. The molecule has 0 atom stereocenters. The van der Waals surface area contributed by atoms with Crippen LogP contribution in [0.25, 0.3) is 0 Å². The molecule has 0 fully saturated rings. The van der Waals surface area contributed by atoms with E-state index in [9.17, 15) is 0 Å². The molecule has 0 aliphatic carbocycles. The molecule has 0 aromatic carbocycles. The van der Waals surface area contributed by atoms with E-state index < -0.39 is 8.07 Å². The van der Waals surface area contributed by atoms with Crippen LogP contribution in [0.1, 0.15) is 65.7 Å². The van der Waals surface area contributed by atoms with E-state index in [1.165, 1.54) is 44.9 Å². The lowest BCUT2D eigenvalue weighted by molar-refractivity contribution is 0.666. The van der Waals surface area contributed by atoms with Crippen LogP contribution >= 0.6 is 0 Å². The third-order valence-corrected chi connectivity index (χ3v) is 10.1. The quantitative estimate of drug-likeness (QED) is 0.378. The lowest BCUT2D eigenvalue weighted by Gasteiger charge is -2.31. The van der Waals surface area contributed by atoms with Crippen molar-refractivity contribution in [3.63, 3.8) is 0 Å². The lowest BCUT2D eigenvalue weighted by atomic mass is 10.2. The number of rotatable bonds is 12. The Labute approximate surface area is 111 Å². The maximum atomic E-state index is 5.55. The molecule has 0 saturated heterocycles. The summed E-state index contributed by atoms with van der Waals surface area (Å²) >= 11 is 0. The fraction of sp³-hybridized carbons (Fsp3) is 1.00. The molecular weight excluding hydrogens is 222 g/mol. The predicted molar refractivity (Wildman–Crippen MR) is 83.4 cm³/mol. The fourth-order valence-corrected chi connectivity index (χ4v) is 9.02. The van der Waals surface area contributed by atoms with Crippen LogP contribution < -0.4 is 5.73 Å². The van der Waals surface area contributed by atoms with Crippen molar-refractivity contribution >= 4 is 8.07 Å².